The first-order valence-corrected chi connectivity index (χ1v) is 8.44. The van der Waals surface area contributed by atoms with Crippen LogP contribution in [0.25, 0.3) is 6.08 Å². The minimum Gasteiger partial charge on any atom is -0.488 e. The summed E-state index contributed by atoms with van der Waals surface area (Å²) >= 11 is 5.99. The topological polar surface area (TPSA) is 53.6 Å². The summed E-state index contributed by atoms with van der Waals surface area (Å²) in [6, 6.07) is 5.43. The number of halogens is 1. The van der Waals surface area contributed by atoms with Crippen molar-refractivity contribution in [3.8, 4) is 5.75 Å². The number of hydrogen-bond acceptors (Lipinski definition) is 4. The molecule has 0 bridgehead atoms. The Bertz CT molecular complexity index is 598. The second-order valence-corrected chi connectivity index (χ2v) is 6.28. The van der Waals surface area contributed by atoms with Crippen molar-refractivity contribution in [3.05, 3.63) is 34.4 Å². The summed E-state index contributed by atoms with van der Waals surface area (Å²) in [5.74, 6) is 0.709. The average Bonchev–Trinajstić information content (AvgIpc) is 2.58. The Kier molecular flexibility index (Phi) is 5.54. The summed E-state index contributed by atoms with van der Waals surface area (Å²) in [6.07, 6.45) is 2.82. The molecule has 0 radical (unpaired) electrons. The van der Waals surface area contributed by atoms with Gasteiger partial charge in [0, 0.05) is 43.3 Å². The van der Waals surface area contributed by atoms with Gasteiger partial charge in [-0.2, -0.15) is 0 Å². The van der Waals surface area contributed by atoms with Crippen molar-refractivity contribution in [1.29, 1.82) is 0 Å². The zero-order valence-electron chi connectivity index (χ0n) is 13.1. The number of fused-ring (bicyclic) bond motifs is 1. The first-order chi connectivity index (χ1) is 11.2. The van der Waals surface area contributed by atoms with Gasteiger partial charge in [0.2, 0.25) is 0 Å². The third-order valence-corrected chi connectivity index (χ3v) is 4.36. The number of nitrogens with one attached hydrogen (secondary N) is 2. The van der Waals surface area contributed by atoms with Crippen molar-refractivity contribution in [2.75, 3.05) is 45.9 Å². The molecule has 1 aromatic carbocycles. The van der Waals surface area contributed by atoms with E-state index in [0.717, 1.165) is 50.5 Å². The summed E-state index contributed by atoms with van der Waals surface area (Å²) in [6.45, 7) is 6.29. The van der Waals surface area contributed by atoms with Gasteiger partial charge in [-0.15, -0.1) is 0 Å². The van der Waals surface area contributed by atoms with Crippen molar-refractivity contribution >= 4 is 23.6 Å². The number of carbonyl (C=O) groups is 1. The van der Waals surface area contributed by atoms with Crippen LogP contribution in [0.15, 0.2) is 23.8 Å². The lowest BCUT2D eigenvalue weighted by Gasteiger charge is -2.27. The lowest BCUT2D eigenvalue weighted by atomic mass is 10.1. The average molecular weight is 336 g/mol. The molecule has 2 aliphatic heterocycles. The number of nitrogens with zero attached hydrogens (tertiary/aromatic N) is 1. The highest BCUT2D eigenvalue weighted by Crippen LogP contribution is 2.28. The molecular weight excluding hydrogens is 314 g/mol. The number of ether oxygens (including phenoxy) is 1. The molecule has 0 saturated carbocycles. The van der Waals surface area contributed by atoms with Crippen LogP contribution in [0.4, 0.5) is 0 Å². The van der Waals surface area contributed by atoms with E-state index in [4.69, 9.17) is 16.3 Å². The van der Waals surface area contributed by atoms with Gasteiger partial charge in [-0.3, -0.25) is 4.79 Å². The Morgan fingerprint density at radius 3 is 3.00 bits per heavy atom. The lowest BCUT2D eigenvalue weighted by molar-refractivity contribution is -0.117. The fourth-order valence-corrected chi connectivity index (χ4v) is 3.01. The zero-order valence-corrected chi connectivity index (χ0v) is 13.9. The summed E-state index contributed by atoms with van der Waals surface area (Å²) in [4.78, 5) is 14.6. The molecule has 1 aromatic rings. The molecule has 0 aliphatic carbocycles. The number of piperazine rings is 1. The van der Waals surface area contributed by atoms with Crippen molar-refractivity contribution in [2.24, 2.45) is 0 Å². The van der Waals surface area contributed by atoms with Gasteiger partial charge in [0.15, 0.2) is 0 Å². The Morgan fingerprint density at radius 1 is 1.35 bits per heavy atom. The molecule has 3 rings (SSSR count). The van der Waals surface area contributed by atoms with E-state index in [2.05, 4.69) is 15.5 Å². The van der Waals surface area contributed by atoms with E-state index in [1.807, 2.05) is 18.2 Å². The van der Waals surface area contributed by atoms with Gasteiger partial charge in [-0.05, 0) is 37.2 Å². The number of benzene rings is 1. The van der Waals surface area contributed by atoms with Crippen molar-refractivity contribution < 1.29 is 9.53 Å². The standard InChI is InChI=1S/C17H22ClN3O2/c18-15-2-3-16-13(11-15)10-14(12-23-16)17(22)20-4-1-7-21-8-5-19-6-9-21/h2-3,10-11,19H,1,4-9,12H2,(H,20,22). The summed E-state index contributed by atoms with van der Waals surface area (Å²) in [5, 5.41) is 6.95. The number of amides is 1. The van der Waals surface area contributed by atoms with Crippen LogP contribution in [0.5, 0.6) is 5.75 Å². The molecule has 1 fully saturated rings. The van der Waals surface area contributed by atoms with Crippen LogP contribution in [-0.4, -0.2) is 56.7 Å². The zero-order chi connectivity index (χ0) is 16.1. The van der Waals surface area contributed by atoms with E-state index in [9.17, 15) is 4.79 Å². The van der Waals surface area contributed by atoms with Gasteiger partial charge in [-0.1, -0.05) is 11.6 Å². The van der Waals surface area contributed by atoms with Gasteiger partial charge < -0.3 is 20.3 Å². The summed E-state index contributed by atoms with van der Waals surface area (Å²) < 4.78 is 5.61. The molecular formula is C17H22ClN3O2. The van der Waals surface area contributed by atoms with Crippen LogP contribution in [-0.2, 0) is 4.79 Å². The van der Waals surface area contributed by atoms with Crippen molar-refractivity contribution in [1.82, 2.24) is 15.5 Å². The van der Waals surface area contributed by atoms with E-state index in [-0.39, 0.29) is 5.91 Å². The largest absolute Gasteiger partial charge is 0.488 e. The summed E-state index contributed by atoms with van der Waals surface area (Å²) in [7, 11) is 0. The molecule has 5 nitrogen and oxygen atoms in total. The predicted octanol–water partition coefficient (Wildman–Crippen LogP) is 1.53. The minimum atomic E-state index is -0.0593. The molecule has 1 amide bonds. The molecule has 23 heavy (non-hydrogen) atoms. The van der Waals surface area contributed by atoms with Crippen LogP contribution in [0.1, 0.15) is 12.0 Å². The smallest absolute Gasteiger partial charge is 0.250 e. The number of hydrogen-bond donors (Lipinski definition) is 2. The third-order valence-electron chi connectivity index (χ3n) is 4.12. The number of rotatable bonds is 5. The van der Waals surface area contributed by atoms with E-state index in [0.29, 0.717) is 23.7 Å². The Morgan fingerprint density at radius 2 is 2.17 bits per heavy atom. The Hall–Kier alpha value is -1.56. The van der Waals surface area contributed by atoms with E-state index in [1.54, 1.807) is 6.07 Å². The van der Waals surface area contributed by atoms with Gasteiger partial charge in [0.1, 0.15) is 12.4 Å². The SMILES string of the molecule is O=C(NCCCN1CCNCC1)C1=Cc2cc(Cl)ccc2OC1. The molecule has 1 saturated heterocycles. The van der Waals surface area contributed by atoms with E-state index >= 15 is 0 Å². The van der Waals surface area contributed by atoms with Crippen LogP contribution >= 0.6 is 11.6 Å². The van der Waals surface area contributed by atoms with E-state index < -0.39 is 0 Å². The molecule has 0 unspecified atom stereocenters. The van der Waals surface area contributed by atoms with Crippen LogP contribution in [0.2, 0.25) is 5.02 Å². The van der Waals surface area contributed by atoms with Crippen molar-refractivity contribution in [3.63, 3.8) is 0 Å². The maximum absolute atomic E-state index is 12.2. The fourth-order valence-electron chi connectivity index (χ4n) is 2.83. The molecule has 0 aromatic heterocycles. The van der Waals surface area contributed by atoms with Gasteiger partial charge >= 0.3 is 0 Å². The van der Waals surface area contributed by atoms with Gasteiger partial charge in [-0.25, -0.2) is 0 Å². The van der Waals surface area contributed by atoms with E-state index in [1.165, 1.54) is 0 Å². The highest BCUT2D eigenvalue weighted by Gasteiger charge is 2.17. The molecule has 0 spiro atoms. The third kappa shape index (κ3) is 4.47. The Balaban J connectivity index is 1.47. The molecule has 2 N–H and O–H groups in total. The minimum absolute atomic E-state index is 0.0593. The summed E-state index contributed by atoms with van der Waals surface area (Å²) in [5.41, 5.74) is 1.50. The normalized spacial score (nSPS) is 17.9. The molecule has 2 heterocycles. The highest BCUT2D eigenvalue weighted by atomic mass is 35.5. The van der Waals surface area contributed by atoms with Gasteiger partial charge in [0.05, 0.1) is 5.57 Å². The van der Waals surface area contributed by atoms with Crippen LogP contribution in [0, 0.1) is 0 Å². The molecule has 0 atom stereocenters. The van der Waals surface area contributed by atoms with Crippen LogP contribution in [0.3, 0.4) is 0 Å². The second kappa shape index (κ2) is 7.81. The Labute approximate surface area is 141 Å². The predicted molar refractivity (Wildman–Crippen MR) is 91.9 cm³/mol. The lowest BCUT2D eigenvalue weighted by Crippen LogP contribution is -2.44. The fraction of sp³-hybridized carbons (Fsp3) is 0.471. The monoisotopic (exact) mass is 335 g/mol. The van der Waals surface area contributed by atoms with Gasteiger partial charge in [0.25, 0.3) is 5.91 Å². The molecule has 6 heteroatoms. The molecule has 124 valence electrons. The molecule has 2 aliphatic rings. The maximum Gasteiger partial charge on any atom is 0.250 e. The van der Waals surface area contributed by atoms with Crippen molar-refractivity contribution in [2.45, 2.75) is 6.42 Å². The first kappa shape index (κ1) is 16.3. The quantitative estimate of drug-likeness (QED) is 0.801. The maximum atomic E-state index is 12.2. The number of carbonyl (C=O) groups excluding carboxylic acids is 1. The highest BCUT2D eigenvalue weighted by molar-refractivity contribution is 6.30. The van der Waals surface area contributed by atoms with Crippen LogP contribution < -0.4 is 15.4 Å². The first-order valence-electron chi connectivity index (χ1n) is 8.06. The second-order valence-electron chi connectivity index (χ2n) is 5.84.